The number of aromatic nitrogens is 5. The molecular formula is C25H30N6O. The predicted octanol–water partition coefficient (Wildman–Crippen LogP) is 4.09. The predicted molar refractivity (Wildman–Crippen MR) is 126 cm³/mol. The smallest absolute Gasteiger partial charge is 0.252 e. The van der Waals surface area contributed by atoms with Crippen LogP contribution in [0.4, 0.5) is 0 Å². The summed E-state index contributed by atoms with van der Waals surface area (Å²) < 4.78 is 1.85. The van der Waals surface area contributed by atoms with Gasteiger partial charge in [-0.15, -0.1) is 5.10 Å². The van der Waals surface area contributed by atoms with E-state index in [0.717, 1.165) is 27.9 Å². The Morgan fingerprint density at radius 3 is 2.47 bits per heavy atom. The van der Waals surface area contributed by atoms with E-state index in [-0.39, 0.29) is 11.1 Å². The number of H-pyrrole nitrogens is 1. The standard InChI is InChI=1S/C25H30N6O/c1-17-9-11-19(12-10-17)14-30(16-22-27-28-29-31(22)25(3,4)5)15-21-13-20-8-6-7-18(2)23(20)26-24(21)32/h6-13H,14-16H2,1-5H3,(H,26,32). The molecule has 0 fully saturated rings. The van der Waals surface area contributed by atoms with Crippen molar-refractivity contribution >= 4 is 10.9 Å². The van der Waals surface area contributed by atoms with Crippen LogP contribution >= 0.6 is 0 Å². The zero-order valence-electron chi connectivity index (χ0n) is 19.4. The van der Waals surface area contributed by atoms with Crippen LogP contribution in [0.3, 0.4) is 0 Å². The van der Waals surface area contributed by atoms with Crippen molar-refractivity contribution in [1.29, 1.82) is 0 Å². The molecular weight excluding hydrogens is 400 g/mol. The molecule has 0 amide bonds. The second-order valence-electron chi connectivity index (χ2n) is 9.47. The first-order valence-electron chi connectivity index (χ1n) is 10.9. The third-order valence-electron chi connectivity index (χ3n) is 5.62. The number of hydrogen-bond donors (Lipinski definition) is 1. The molecule has 0 saturated carbocycles. The van der Waals surface area contributed by atoms with Crippen molar-refractivity contribution in [2.75, 3.05) is 0 Å². The summed E-state index contributed by atoms with van der Waals surface area (Å²) in [6.07, 6.45) is 0. The second-order valence-corrected chi connectivity index (χ2v) is 9.47. The molecule has 166 valence electrons. The molecule has 2 heterocycles. The number of aromatic amines is 1. The summed E-state index contributed by atoms with van der Waals surface area (Å²) in [5.74, 6) is 0.776. The zero-order valence-corrected chi connectivity index (χ0v) is 19.4. The normalized spacial score (nSPS) is 12.1. The second kappa shape index (κ2) is 8.67. The molecule has 7 heteroatoms. The maximum absolute atomic E-state index is 12.9. The third-order valence-corrected chi connectivity index (χ3v) is 5.62. The highest BCUT2D eigenvalue weighted by molar-refractivity contribution is 5.81. The summed E-state index contributed by atoms with van der Waals surface area (Å²) in [6.45, 7) is 12.0. The van der Waals surface area contributed by atoms with E-state index < -0.39 is 0 Å². The van der Waals surface area contributed by atoms with E-state index in [2.05, 4.69) is 77.4 Å². The van der Waals surface area contributed by atoms with Gasteiger partial charge in [0.25, 0.3) is 5.56 Å². The lowest BCUT2D eigenvalue weighted by atomic mass is 10.1. The summed E-state index contributed by atoms with van der Waals surface area (Å²) in [5, 5.41) is 13.4. The number of para-hydroxylation sites is 1. The number of fused-ring (bicyclic) bond motifs is 1. The van der Waals surface area contributed by atoms with Crippen LogP contribution in [0, 0.1) is 13.8 Å². The van der Waals surface area contributed by atoms with Gasteiger partial charge < -0.3 is 4.98 Å². The minimum atomic E-state index is -0.230. The Kier molecular flexibility index (Phi) is 5.93. The van der Waals surface area contributed by atoms with Crippen molar-refractivity contribution in [1.82, 2.24) is 30.1 Å². The van der Waals surface area contributed by atoms with Crippen molar-refractivity contribution in [3.8, 4) is 0 Å². The van der Waals surface area contributed by atoms with Gasteiger partial charge in [-0.1, -0.05) is 48.0 Å². The quantitative estimate of drug-likeness (QED) is 0.498. The number of tetrazole rings is 1. The summed E-state index contributed by atoms with van der Waals surface area (Å²) in [7, 11) is 0. The fourth-order valence-electron chi connectivity index (χ4n) is 3.93. The minimum absolute atomic E-state index is 0.0591. The van der Waals surface area contributed by atoms with Crippen LogP contribution in [-0.2, 0) is 25.2 Å². The van der Waals surface area contributed by atoms with Gasteiger partial charge >= 0.3 is 0 Å². The molecule has 0 saturated heterocycles. The highest BCUT2D eigenvalue weighted by Crippen LogP contribution is 2.19. The molecule has 2 aromatic heterocycles. The van der Waals surface area contributed by atoms with Gasteiger partial charge in [0.1, 0.15) is 0 Å². The molecule has 2 aromatic carbocycles. The summed E-state index contributed by atoms with van der Waals surface area (Å²) in [6, 6.07) is 16.5. The number of hydrogen-bond acceptors (Lipinski definition) is 5. The Bertz CT molecular complexity index is 1280. The van der Waals surface area contributed by atoms with E-state index in [1.54, 1.807) is 0 Å². The number of benzene rings is 2. The SMILES string of the molecule is Cc1ccc(CN(Cc2cc3cccc(C)c3[nH]c2=O)Cc2nnnn2C(C)(C)C)cc1. The van der Waals surface area contributed by atoms with Gasteiger partial charge in [0, 0.05) is 18.7 Å². The van der Waals surface area contributed by atoms with E-state index in [0.29, 0.717) is 19.6 Å². The monoisotopic (exact) mass is 430 g/mol. The Morgan fingerprint density at radius 2 is 1.75 bits per heavy atom. The lowest BCUT2D eigenvalue weighted by molar-refractivity contribution is 0.223. The summed E-state index contributed by atoms with van der Waals surface area (Å²) in [5.41, 5.74) is 4.79. The number of nitrogens with one attached hydrogen (secondary N) is 1. The molecule has 0 unspecified atom stereocenters. The lowest BCUT2D eigenvalue weighted by Crippen LogP contribution is -2.31. The number of rotatable bonds is 6. The highest BCUT2D eigenvalue weighted by atomic mass is 16.1. The van der Waals surface area contributed by atoms with Gasteiger partial charge in [-0.2, -0.15) is 0 Å². The van der Waals surface area contributed by atoms with Crippen LogP contribution in [-0.4, -0.2) is 30.1 Å². The molecule has 0 aliphatic rings. The zero-order chi connectivity index (χ0) is 22.9. The molecule has 4 aromatic rings. The lowest BCUT2D eigenvalue weighted by Gasteiger charge is -2.25. The Balaban J connectivity index is 1.68. The first-order valence-corrected chi connectivity index (χ1v) is 10.9. The van der Waals surface area contributed by atoms with Crippen molar-refractivity contribution in [3.05, 3.63) is 87.0 Å². The van der Waals surface area contributed by atoms with Crippen molar-refractivity contribution in [2.45, 2.75) is 59.8 Å². The van der Waals surface area contributed by atoms with Crippen LogP contribution in [0.2, 0.25) is 0 Å². The molecule has 1 N–H and O–H groups in total. The molecule has 0 atom stereocenters. The molecule has 0 spiro atoms. The summed E-state index contributed by atoms with van der Waals surface area (Å²) in [4.78, 5) is 18.2. The number of aryl methyl sites for hydroxylation is 2. The van der Waals surface area contributed by atoms with Gasteiger partial charge in [-0.3, -0.25) is 9.69 Å². The fraction of sp³-hybridized carbons (Fsp3) is 0.360. The average molecular weight is 431 g/mol. The third kappa shape index (κ3) is 4.78. The van der Waals surface area contributed by atoms with Gasteiger partial charge in [0.15, 0.2) is 5.82 Å². The molecule has 0 aliphatic carbocycles. The molecule has 4 rings (SSSR count). The molecule has 0 radical (unpaired) electrons. The molecule has 0 aliphatic heterocycles. The van der Waals surface area contributed by atoms with Crippen LogP contribution in [0.15, 0.2) is 53.3 Å². The maximum atomic E-state index is 12.9. The Labute approximate surface area is 188 Å². The van der Waals surface area contributed by atoms with Gasteiger partial charge in [0.2, 0.25) is 0 Å². The Hall–Kier alpha value is -3.32. The summed E-state index contributed by atoms with van der Waals surface area (Å²) >= 11 is 0. The van der Waals surface area contributed by atoms with E-state index in [1.165, 1.54) is 11.1 Å². The first kappa shape index (κ1) is 21.9. The van der Waals surface area contributed by atoms with Crippen molar-refractivity contribution < 1.29 is 0 Å². The largest absolute Gasteiger partial charge is 0.321 e. The topological polar surface area (TPSA) is 79.7 Å². The minimum Gasteiger partial charge on any atom is -0.321 e. The maximum Gasteiger partial charge on any atom is 0.252 e. The van der Waals surface area contributed by atoms with Crippen molar-refractivity contribution in [2.24, 2.45) is 0 Å². The number of pyridine rings is 1. The van der Waals surface area contributed by atoms with Crippen molar-refractivity contribution in [3.63, 3.8) is 0 Å². The van der Waals surface area contributed by atoms with Crippen LogP contribution < -0.4 is 5.56 Å². The van der Waals surface area contributed by atoms with E-state index >= 15 is 0 Å². The Morgan fingerprint density at radius 1 is 1.00 bits per heavy atom. The van der Waals surface area contributed by atoms with Gasteiger partial charge in [-0.25, -0.2) is 4.68 Å². The average Bonchev–Trinajstić information content (AvgIpc) is 3.20. The first-order chi connectivity index (χ1) is 15.2. The van der Waals surface area contributed by atoms with E-state index in [9.17, 15) is 4.79 Å². The van der Waals surface area contributed by atoms with Crippen LogP contribution in [0.25, 0.3) is 10.9 Å². The van der Waals surface area contributed by atoms with Crippen LogP contribution in [0.1, 0.15) is 48.8 Å². The van der Waals surface area contributed by atoms with E-state index in [4.69, 9.17) is 0 Å². The number of nitrogens with zero attached hydrogens (tertiary/aromatic N) is 5. The molecule has 0 bridgehead atoms. The highest BCUT2D eigenvalue weighted by Gasteiger charge is 2.22. The van der Waals surface area contributed by atoms with Crippen LogP contribution in [0.5, 0.6) is 0 Å². The van der Waals surface area contributed by atoms with Gasteiger partial charge in [0.05, 0.1) is 17.6 Å². The van der Waals surface area contributed by atoms with Gasteiger partial charge in [-0.05, 0) is 67.6 Å². The fourth-order valence-corrected chi connectivity index (χ4v) is 3.93. The van der Waals surface area contributed by atoms with E-state index in [1.807, 2.05) is 35.9 Å². The molecule has 7 nitrogen and oxygen atoms in total. The molecule has 32 heavy (non-hydrogen) atoms.